The van der Waals surface area contributed by atoms with Gasteiger partial charge < -0.3 is 162 Å². The summed E-state index contributed by atoms with van der Waals surface area (Å²) in [7, 11) is 0. The number of aromatic nitrogens is 9. The van der Waals surface area contributed by atoms with E-state index in [1.54, 1.807) is 32.6 Å². The van der Waals surface area contributed by atoms with E-state index in [1.165, 1.54) is 20.8 Å². The van der Waals surface area contributed by atoms with Crippen LogP contribution in [0.2, 0.25) is 0 Å². The van der Waals surface area contributed by atoms with Gasteiger partial charge in [-0.3, -0.25) is 28.8 Å². The molecule has 49 heteroatoms. The fourth-order valence-electron chi connectivity index (χ4n) is 14.4. The van der Waals surface area contributed by atoms with Crippen molar-refractivity contribution >= 4 is 51.4 Å². The summed E-state index contributed by atoms with van der Waals surface area (Å²) in [6.45, 7) is 10.9. The highest BCUT2D eigenvalue weighted by molar-refractivity contribution is 9.09. The highest BCUT2D eigenvalue weighted by Crippen LogP contribution is 2.40. The van der Waals surface area contributed by atoms with E-state index in [-0.39, 0.29) is 168 Å². The minimum Gasteiger partial charge on any atom is -0.388 e. The Bertz CT molecular complexity index is 3360. The van der Waals surface area contributed by atoms with Crippen molar-refractivity contribution in [3.8, 4) is 0 Å². The average Bonchev–Trinajstić information content (AvgIpc) is 1.62. The zero-order valence-electron chi connectivity index (χ0n) is 72.5. The van der Waals surface area contributed by atoms with Gasteiger partial charge in [-0.05, 0) is 25.7 Å². The number of carbonyl (C=O) groups is 6. The van der Waals surface area contributed by atoms with E-state index in [0.29, 0.717) is 161 Å². The Kier molecular flexibility index (Phi) is 46.4. The van der Waals surface area contributed by atoms with E-state index in [4.69, 9.17) is 99.5 Å². The molecule has 3 aromatic heterocycles. The number of ether oxygens (including phenoxy) is 21. The molecule has 127 heavy (non-hydrogen) atoms. The molecule has 6 bridgehead atoms. The Morgan fingerprint density at radius 1 is 0.394 bits per heavy atom. The van der Waals surface area contributed by atoms with Crippen LogP contribution in [-0.2, 0) is 168 Å². The van der Waals surface area contributed by atoms with Gasteiger partial charge in [0.2, 0.25) is 35.4 Å². The zero-order chi connectivity index (χ0) is 90.5. The van der Waals surface area contributed by atoms with Gasteiger partial charge in [-0.25, -0.2) is 14.0 Å². The van der Waals surface area contributed by atoms with E-state index in [0.717, 1.165) is 12.8 Å². The van der Waals surface area contributed by atoms with Gasteiger partial charge in [0.25, 0.3) is 0 Å². The van der Waals surface area contributed by atoms with Crippen LogP contribution in [0.25, 0.3) is 0 Å². The van der Waals surface area contributed by atoms with Gasteiger partial charge in [-0.15, -0.1) is 15.3 Å². The Morgan fingerprint density at radius 2 is 0.677 bits per heavy atom. The third-order valence-corrected chi connectivity index (χ3v) is 21.5. The molecule has 4 unspecified atom stereocenters. The summed E-state index contributed by atoms with van der Waals surface area (Å²) in [5.41, 5.74) is -3.70. The molecular formula is C78H130BrN15O33. The number of hydrogen-bond donors (Lipinski definition) is 12. The SMILES string of the molecule is CC(=O)N[C@H]1[C@H]2OC[C@](COCCOCCOCCOCCn3cc(COCC(COCc4cn(CCOCCOCCOCCOCC56CO[C@@H](O5)[C@H](NC(C)=O)[C@@H](O)C6O)nn4)(COCc4cn(CCOCCOCCOCCOCC56CO[C@@H](O5)[C@H](NC(C)=O)[C@@H](O)C6O)nn4)NC(=O)CCCCCNC(=O)CCCCCNC(=O)CBr)nn3)(O2)[C@H](O)[C@@H]1O. The van der Waals surface area contributed by atoms with Gasteiger partial charge in [0.05, 0.1) is 262 Å². The maximum Gasteiger partial charge on any atom is 0.230 e. The van der Waals surface area contributed by atoms with Crippen molar-refractivity contribution in [3.05, 3.63) is 35.7 Å². The first-order valence-corrected chi connectivity index (χ1v) is 44.2. The number of aliphatic hydroxyl groups is 6. The van der Waals surface area contributed by atoms with Crippen LogP contribution in [0.5, 0.6) is 0 Å². The average molecular weight is 1890 g/mol. The highest BCUT2D eigenvalue weighted by atomic mass is 79.9. The second kappa shape index (κ2) is 56.5. The summed E-state index contributed by atoms with van der Waals surface area (Å²) in [5, 5.41) is 107. The van der Waals surface area contributed by atoms with Crippen LogP contribution in [0.1, 0.15) is 89.2 Å². The van der Waals surface area contributed by atoms with E-state index in [2.05, 4.69) is 78.8 Å². The van der Waals surface area contributed by atoms with E-state index in [9.17, 15) is 59.4 Å². The largest absolute Gasteiger partial charge is 0.388 e. The number of nitrogens with one attached hydrogen (secondary N) is 6. The number of hydrogen-bond acceptors (Lipinski definition) is 39. The molecule has 0 aromatic carbocycles. The standard InChI is InChI=1S/C78H130BrN15O33/c1-54(95)82-63-66(101)69(104)76(51-122-72(63)125-76)48-116-35-32-113-29-26-110-23-20-107-17-14-92-39-57(86-89-92)42-119-45-75(85-61(99)11-7-5-8-12-80-60(98)10-6-4-9-13-81-62(100)38-79,46-120-43-58-40-93(90-87-58)15-18-108-21-24-111-27-30-114-33-36-117-49-77-52-123-73(126-77)64(83-55(2)96)67(102)70(77)105)47-121-44-59-41-94(91-88-59)16-19-109-22-25-112-28-31-115-34-37-118-50-78-53-124-74(127-78)65(84-56(3)97)68(103)71(78)106/h39-41,63-74,101-106H,4-38,42-53H2,1-3H3,(H,80,98)(H,81,100)(H,82,95)(H,83,96)(H,84,97)(H,85,99)/t63-,64-,65-,66-,67-,68-,69-,70?,71?,72+,73+,74+,75?,76+,77?,78?/m1/s1. The number of aliphatic hydroxyl groups excluding tert-OH is 6. The molecule has 0 aliphatic carbocycles. The van der Waals surface area contributed by atoms with E-state index >= 15 is 0 Å². The summed E-state index contributed by atoms with van der Waals surface area (Å²) in [6, 6.07) is -2.74. The van der Waals surface area contributed by atoms with Gasteiger partial charge in [0.15, 0.2) is 18.9 Å². The van der Waals surface area contributed by atoms with Crippen LogP contribution in [0.3, 0.4) is 0 Å². The molecule has 6 saturated heterocycles. The number of rotatable bonds is 71. The lowest BCUT2D eigenvalue weighted by molar-refractivity contribution is -0.238. The number of carbonyl (C=O) groups excluding carboxylic acids is 6. The molecule has 0 radical (unpaired) electrons. The van der Waals surface area contributed by atoms with Crippen molar-refractivity contribution in [1.82, 2.24) is 76.9 Å². The maximum absolute atomic E-state index is 14.2. The lowest BCUT2D eigenvalue weighted by atomic mass is 9.88. The van der Waals surface area contributed by atoms with Gasteiger partial charge in [-0.2, -0.15) is 0 Å². The van der Waals surface area contributed by atoms with Gasteiger partial charge in [-0.1, -0.05) is 44.4 Å². The van der Waals surface area contributed by atoms with Crippen molar-refractivity contribution < 1.29 is 159 Å². The number of unbranched alkanes of at least 4 members (excludes halogenated alkanes) is 4. The molecule has 9 rings (SSSR count). The molecule has 12 N–H and O–H groups in total. The van der Waals surface area contributed by atoms with Crippen molar-refractivity contribution in [2.45, 2.75) is 208 Å². The lowest BCUT2D eigenvalue weighted by Gasteiger charge is -2.42. The molecule has 3 aromatic rings. The van der Waals surface area contributed by atoms with Crippen LogP contribution >= 0.6 is 15.9 Å². The van der Waals surface area contributed by atoms with E-state index in [1.807, 2.05) is 0 Å². The zero-order valence-corrected chi connectivity index (χ0v) is 74.1. The number of alkyl halides is 1. The minimum atomic E-state index is -1.35. The second-order valence-corrected chi connectivity index (χ2v) is 32.0. The molecule has 0 saturated carbocycles. The molecule has 6 amide bonds. The molecule has 6 aliphatic rings. The first kappa shape index (κ1) is 104. The van der Waals surface area contributed by atoms with Crippen LogP contribution < -0.4 is 31.9 Å². The van der Waals surface area contributed by atoms with Crippen LogP contribution in [0.4, 0.5) is 0 Å². The molecular weight excluding hydrogens is 1750 g/mol. The summed E-state index contributed by atoms with van der Waals surface area (Å²) in [4.78, 5) is 73.1. The number of halogens is 1. The predicted molar refractivity (Wildman–Crippen MR) is 436 cm³/mol. The minimum absolute atomic E-state index is 0.0189. The molecule has 6 aliphatic heterocycles. The second-order valence-electron chi connectivity index (χ2n) is 31.4. The Labute approximate surface area is 743 Å². The third kappa shape index (κ3) is 35.3. The quantitative estimate of drug-likeness (QED) is 0.0185. The Balaban J connectivity index is 0.703. The molecule has 0 spiro atoms. The summed E-state index contributed by atoms with van der Waals surface area (Å²) < 4.78 is 127. The van der Waals surface area contributed by atoms with Crippen molar-refractivity contribution in [2.24, 2.45) is 0 Å². The fraction of sp³-hybridized carbons (Fsp3) is 0.846. The molecule has 6 fully saturated rings. The molecule has 48 nitrogen and oxygen atoms in total. The van der Waals surface area contributed by atoms with Gasteiger partial charge >= 0.3 is 0 Å². The van der Waals surface area contributed by atoms with E-state index < -0.39 is 114 Å². The smallest absolute Gasteiger partial charge is 0.230 e. The van der Waals surface area contributed by atoms with Crippen LogP contribution in [-0.4, -0.2) is 424 Å². The molecule has 9 heterocycles. The summed E-state index contributed by atoms with van der Waals surface area (Å²) >= 11 is 3.13. The normalized spacial score (nSPS) is 25.7. The first-order valence-electron chi connectivity index (χ1n) is 43.0. The predicted octanol–water partition coefficient (Wildman–Crippen LogP) is -5.73. The Morgan fingerprint density at radius 3 is 0.976 bits per heavy atom. The molecule has 15 atom stereocenters. The summed E-state index contributed by atoms with van der Waals surface area (Å²) in [5.74, 6) is -1.64. The first-order chi connectivity index (χ1) is 61.5. The third-order valence-electron chi connectivity index (χ3n) is 21.0. The van der Waals surface area contributed by atoms with Crippen molar-refractivity contribution in [3.63, 3.8) is 0 Å². The van der Waals surface area contributed by atoms with Crippen molar-refractivity contribution in [2.75, 3.05) is 217 Å². The van der Waals surface area contributed by atoms with Crippen LogP contribution in [0, 0.1) is 0 Å². The number of amides is 6. The van der Waals surface area contributed by atoms with Gasteiger partial charge in [0.1, 0.15) is 94.2 Å². The van der Waals surface area contributed by atoms with Crippen molar-refractivity contribution in [1.29, 1.82) is 0 Å². The fourth-order valence-corrected chi connectivity index (χ4v) is 14.6. The lowest BCUT2D eigenvalue weighted by Crippen LogP contribution is -2.66. The van der Waals surface area contributed by atoms with Crippen LogP contribution in [0.15, 0.2) is 18.6 Å². The number of fused-ring (bicyclic) bond motifs is 6. The number of nitrogens with zero attached hydrogens (tertiary/aromatic N) is 9. The monoisotopic (exact) mass is 1880 g/mol. The summed E-state index contributed by atoms with van der Waals surface area (Å²) in [6.07, 6.45) is -1.04. The highest BCUT2D eigenvalue weighted by Gasteiger charge is 2.62. The Hall–Kier alpha value is -6.36. The topological polar surface area (TPSA) is 582 Å². The van der Waals surface area contributed by atoms with Gasteiger partial charge in [0, 0.05) is 46.7 Å². The maximum atomic E-state index is 14.2. The molecule has 722 valence electrons.